The maximum Gasteiger partial charge on any atom is 0.460 e. The summed E-state index contributed by atoms with van der Waals surface area (Å²) in [5.41, 5.74) is 0. The van der Waals surface area contributed by atoms with Gasteiger partial charge in [0.2, 0.25) is 0 Å². The molecule has 0 fully saturated rings. The average Bonchev–Trinajstić information content (AvgIpc) is 2.22. The molecular weight excluding hydrogens is 291 g/mol. The second kappa shape index (κ2) is 5.78. The number of halogens is 9. The maximum absolute atomic E-state index is 12.9. The fourth-order valence-corrected chi connectivity index (χ4v) is 1.34. The molecule has 0 bridgehead atoms. The molecule has 0 aromatic heterocycles. The molecular formula is C10H13F9. The molecule has 0 aliphatic rings. The highest BCUT2D eigenvalue weighted by molar-refractivity contribution is 5.00. The van der Waals surface area contributed by atoms with Crippen LogP contribution in [0.25, 0.3) is 0 Å². The Morgan fingerprint density at radius 2 is 1.11 bits per heavy atom. The van der Waals surface area contributed by atoms with Crippen molar-refractivity contribution < 1.29 is 39.5 Å². The molecule has 0 aliphatic carbocycles. The molecule has 0 rings (SSSR count). The van der Waals surface area contributed by atoms with Gasteiger partial charge >= 0.3 is 23.9 Å². The van der Waals surface area contributed by atoms with Crippen LogP contribution in [0.4, 0.5) is 39.5 Å². The van der Waals surface area contributed by atoms with Gasteiger partial charge in [-0.3, -0.25) is 0 Å². The van der Waals surface area contributed by atoms with E-state index in [4.69, 9.17) is 0 Å². The Labute approximate surface area is 104 Å². The van der Waals surface area contributed by atoms with Gasteiger partial charge in [-0.15, -0.1) is 0 Å². The van der Waals surface area contributed by atoms with Gasteiger partial charge in [-0.05, 0) is 6.42 Å². The molecule has 0 heterocycles. The summed E-state index contributed by atoms with van der Waals surface area (Å²) < 4.78 is 111. The Kier molecular flexibility index (Phi) is 5.59. The molecule has 0 N–H and O–H groups in total. The summed E-state index contributed by atoms with van der Waals surface area (Å²) in [5.74, 6) is -18.7. The Bertz CT molecular complexity index is 279. The third-order valence-electron chi connectivity index (χ3n) is 2.55. The number of unbranched alkanes of at least 4 members (excludes halogenated alkanes) is 3. The first kappa shape index (κ1) is 18.4. The zero-order valence-corrected chi connectivity index (χ0v) is 9.94. The number of rotatable bonds is 7. The van der Waals surface area contributed by atoms with E-state index in [1.165, 1.54) is 0 Å². The van der Waals surface area contributed by atoms with Crippen molar-refractivity contribution in [2.45, 2.75) is 63.0 Å². The van der Waals surface area contributed by atoms with Crippen molar-refractivity contribution in [1.82, 2.24) is 0 Å². The van der Waals surface area contributed by atoms with Gasteiger partial charge in [0.15, 0.2) is 0 Å². The van der Waals surface area contributed by atoms with Crippen LogP contribution in [0.2, 0.25) is 0 Å². The topological polar surface area (TPSA) is 0 Å². The van der Waals surface area contributed by atoms with Crippen LogP contribution >= 0.6 is 0 Å². The van der Waals surface area contributed by atoms with Crippen LogP contribution in [-0.4, -0.2) is 23.9 Å². The maximum atomic E-state index is 12.9. The standard InChI is InChI=1S/C10H13F9/c1-2-3-4-5-6-7(11,12)8(13,14)9(15,16)10(17,18)19/h2-6H2,1H3. The Hall–Kier alpha value is -0.630. The molecule has 0 unspecified atom stereocenters. The van der Waals surface area contributed by atoms with Crippen molar-refractivity contribution in [2.24, 2.45) is 0 Å². The van der Waals surface area contributed by atoms with Crippen molar-refractivity contribution >= 4 is 0 Å². The molecule has 116 valence electrons. The monoisotopic (exact) mass is 304 g/mol. The molecule has 0 saturated carbocycles. The highest BCUT2D eigenvalue weighted by atomic mass is 19.4. The van der Waals surface area contributed by atoms with Gasteiger partial charge in [0.05, 0.1) is 0 Å². The third-order valence-corrected chi connectivity index (χ3v) is 2.55. The average molecular weight is 304 g/mol. The second-order valence-electron chi connectivity index (χ2n) is 4.16. The minimum Gasteiger partial charge on any atom is -0.200 e. The summed E-state index contributed by atoms with van der Waals surface area (Å²) >= 11 is 0. The zero-order valence-electron chi connectivity index (χ0n) is 9.94. The van der Waals surface area contributed by atoms with E-state index in [1.54, 1.807) is 6.92 Å². The Balaban J connectivity index is 4.96. The van der Waals surface area contributed by atoms with Gasteiger partial charge in [0.25, 0.3) is 0 Å². The van der Waals surface area contributed by atoms with E-state index in [1.807, 2.05) is 0 Å². The Morgan fingerprint density at radius 3 is 1.47 bits per heavy atom. The van der Waals surface area contributed by atoms with E-state index in [2.05, 4.69) is 0 Å². The molecule has 19 heavy (non-hydrogen) atoms. The lowest BCUT2D eigenvalue weighted by Gasteiger charge is -2.33. The SMILES string of the molecule is CCCCCCC(F)(F)C(F)(F)C(F)(F)C(F)(F)F. The smallest absolute Gasteiger partial charge is 0.200 e. The molecule has 0 spiro atoms. The lowest BCUT2D eigenvalue weighted by molar-refractivity contribution is -0.396. The van der Waals surface area contributed by atoms with Crippen LogP contribution in [0, 0.1) is 0 Å². The fourth-order valence-electron chi connectivity index (χ4n) is 1.34. The molecule has 0 aliphatic heterocycles. The third kappa shape index (κ3) is 3.68. The minimum atomic E-state index is -6.77. The van der Waals surface area contributed by atoms with Crippen LogP contribution in [0.5, 0.6) is 0 Å². The van der Waals surface area contributed by atoms with Crippen LogP contribution in [0.3, 0.4) is 0 Å². The zero-order chi connectivity index (χ0) is 15.5. The van der Waals surface area contributed by atoms with Gasteiger partial charge in [0, 0.05) is 6.42 Å². The van der Waals surface area contributed by atoms with E-state index in [0.29, 0.717) is 12.8 Å². The highest BCUT2D eigenvalue weighted by Gasteiger charge is 2.81. The van der Waals surface area contributed by atoms with Crippen molar-refractivity contribution in [3.05, 3.63) is 0 Å². The van der Waals surface area contributed by atoms with Crippen LogP contribution in [0.15, 0.2) is 0 Å². The van der Waals surface area contributed by atoms with E-state index < -0.39 is 36.8 Å². The van der Waals surface area contributed by atoms with Gasteiger partial charge in [-0.2, -0.15) is 39.5 Å². The molecule has 0 atom stereocenters. The molecule has 0 radical (unpaired) electrons. The molecule has 0 amide bonds. The van der Waals surface area contributed by atoms with Gasteiger partial charge in [-0.25, -0.2) is 0 Å². The lowest BCUT2D eigenvalue weighted by Crippen LogP contribution is -2.60. The second-order valence-corrected chi connectivity index (χ2v) is 4.16. The molecule has 9 heteroatoms. The first-order valence-electron chi connectivity index (χ1n) is 5.51. The molecule has 0 nitrogen and oxygen atoms in total. The van der Waals surface area contributed by atoms with Crippen LogP contribution in [0.1, 0.15) is 39.0 Å². The van der Waals surface area contributed by atoms with Crippen molar-refractivity contribution in [3.8, 4) is 0 Å². The normalized spacial score (nSPS) is 14.8. The van der Waals surface area contributed by atoms with Crippen LogP contribution in [-0.2, 0) is 0 Å². The predicted octanol–water partition coefficient (Wildman–Crippen LogP) is 5.43. The highest BCUT2D eigenvalue weighted by Crippen LogP contribution is 2.54. The molecule has 0 aromatic rings. The predicted molar refractivity (Wildman–Crippen MR) is 49.7 cm³/mol. The van der Waals surface area contributed by atoms with Gasteiger partial charge in [0.1, 0.15) is 0 Å². The Morgan fingerprint density at radius 1 is 0.632 bits per heavy atom. The van der Waals surface area contributed by atoms with Crippen molar-refractivity contribution in [1.29, 1.82) is 0 Å². The van der Waals surface area contributed by atoms with Gasteiger partial charge in [-0.1, -0.05) is 26.2 Å². The summed E-state index contributed by atoms with van der Waals surface area (Å²) in [6, 6.07) is 0. The summed E-state index contributed by atoms with van der Waals surface area (Å²) in [5, 5.41) is 0. The summed E-state index contributed by atoms with van der Waals surface area (Å²) in [4.78, 5) is 0. The van der Waals surface area contributed by atoms with E-state index in [0.717, 1.165) is 0 Å². The summed E-state index contributed by atoms with van der Waals surface area (Å²) in [6.45, 7) is 1.69. The first-order chi connectivity index (χ1) is 8.31. The fraction of sp³-hybridized carbons (Fsp3) is 1.00. The van der Waals surface area contributed by atoms with Crippen LogP contribution < -0.4 is 0 Å². The largest absolute Gasteiger partial charge is 0.460 e. The minimum absolute atomic E-state index is 0.0553. The van der Waals surface area contributed by atoms with Gasteiger partial charge < -0.3 is 0 Å². The first-order valence-corrected chi connectivity index (χ1v) is 5.51. The van der Waals surface area contributed by atoms with Crippen molar-refractivity contribution in [2.75, 3.05) is 0 Å². The van der Waals surface area contributed by atoms with E-state index in [-0.39, 0.29) is 6.42 Å². The van der Waals surface area contributed by atoms with Crippen molar-refractivity contribution in [3.63, 3.8) is 0 Å². The summed E-state index contributed by atoms with van der Waals surface area (Å²) in [6.07, 6.45) is -7.98. The number of alkyl halides is 9. The lowest BCUT2D eigenvalue weighted by atomic mass is 9.98. The number of hydrogen-bond acceptors (Lipinski definition) is 0. The molecule has 0 aromatic carbocycles. The quantitative estimate of drug-likeness (QED) is 0.435. The van der Waals surface area contributed by atoms with E-state index in [9.17, 15) is 39.5 Å². The summed E-state index contributed by atoms with van der Waals surface area (Å²) in [7, 11) is 0. The number of hydrogen-bond donors (Lipinski definition) is 0. The van der Waals surface area contributed by atoms with E-state index >= 15 is 0 Å². The molecule has 0 saturated heterocycles.